The van der Waals surface area contributed by atoms with Crippen molar-refractivity contribution >= 4 is 39.5 Å². The molecule has 1 aliphatic rings. The number of hydrogen-bond donors (Lipinski definition) is 3. The summed E-state index contributed by atoms with van der Waals surface area (Å²) in [4.78, 5) is 32.9. The molecule has 5 aromatic rings. The zero-order chi connectivity index (χ0) is 29.1. The first-order valence-electron chi connectivity index (χ1n) is 14.7. The maximum Gasteiger partial charge on any atom is 0.255 e. The predicted octanol–water partition coefficient (Wildman–Crippen LogP) is 5.99. The SMILES string of the molecule is Cc1ccc(C(=O)Nc2ccc3nc(C(C)C)[nH]c3c2)cc1-c1ccc2nc(NCCCN3CCOCC3)ncc2c1. The molecule has 0 radical (unpaired) electrons. The van der Waals surface area contributed by atoms with Gasteiger partial charge in [-0.15, -0.1) is 0 Å². The van der Waals surface area contributed by atoms with E-state index in [0.717, 1.165) is 96.0 Å². The van der Waals surface area contributed by atoms with Crippen LogP contribution in [0.2, 0.25) is 0 Å². The van der Waals surface area contributed by atoms with Crippen molar-refractivity contribution in [3.8, 4) is 11.1 Å². The lowest BCUT2D eigenvalue weighted by Gasteiger charge is -2.26. The standard InChI is InChI=1S/C33H37N7O2/c1-21(2)31-37-29-10-8-26(19-30(29)38-31)36-32(41)24-6-5-22(3)27(18-24)23-7-9-28-25(17-23)20-35-33(39-28)34-11-4-12-40-13-15-42-16-14-40/h5-10,17-21H,4,11-16H2,1-3H3,(H,36,41)(H,37,38)(H,34,35,39). The Kier molecular flexibility index (Phi) is 8.12. The fourth-order valence-electron chi connectivity index (χ4n) is 5.27. The number of aryl methyl sites for hydroxylation is 1. The van der Waals surface area contributed by atoms with E-state index in [1.165, 1.54) is 0 Å². The molecule has 1 fully saturated rings. The number of imidazole rings is 1. The van der Waals surface area contributed by atoms with Crippen molar-refractivity contribution in [1.82, 2.24) is 24.8 Å². The molecule has 0 saturated carbocycles. The average Bonchev–Trinajstić information content (AvgIpc) is 3.44. The fraction of sp³-hybridized carbons (Fsp3) is 0.333. The molecule has 216 valence electrons. The van der Waals surface area contributed by atoms with Gasteiger partial charge in [0.25, 0.3) is 5.91 Å². The van der Waals surface area contributed by atoms with Crippen molar-refractivity contribution < 1.29 is 9.53 Å². The smallest absolute Gasteiger partial charge is 0.255 e. The molecular formula is C33H37N7O2. The van der Waals surface area contributed by atoms with Crippen molar-refractivity contribution in [1.29, 1.82) is 0 Å². The number of rotatable bonds is 9. The number of aromatic amines is 1. The lowest BCUT2D eigenvalue weighted by atomic mass is 9.97. The molecule has 9 nitrogen and oxygen atoms in total. The van der Waals surface area contributed by atoms with Crippen LogP contribution in [0.25, 0.3) is 33.1 Å². The molecule has 2 aromatic heterocycles. The zero-order valence-electron chi connectivity index (χ0n) is 24.4. The van der Waals surface area contributed by atoms with Crippen LogP contribution in [-0.4, -0.2) is 70.1 Å². The van der Waals surface area contributed by atoms with Crippen molar-refractivity contribution in [2.45, 2.75) is 33.1 Å². The van der Waals surface area contributed by atoms with Crippen LogP contribution in [-0.2, 0) is 4.74 Å². The lowest BCUT2D eigenvalue weighted by Crippen LogP contribution is -2.37. The molecule has 1 amide bonds. The Hall–Kier alpha value is -4.34. The quantitative estimate of drug-likeness (QED) is 0.189. The Morgan fingerprint density at radius 3 is 2.69 bits per heavy atom. The van der Waals surface area contributed by atoms with Crippen LogP contribution in [0.4, 0.5) is 11.6 Å². The van der Waals surface area contributed by atoms with Crippen LogP contribution in [0, 0.1) is 6.92 Å². The number of morpholine rings is 1. The van der Waals surface area contributed by atoms with E-state index in [2.05, 4.69) is 63.4 Å². The molecule has 0 atom stereocenters. The summed E-state index contributed by atoms with van der Waals surface area (Å²) in [6.07, 6.45) is 2.89. The highest BCUT2D eigenvalue weighted by Crippen LogP contribution is 2.28. The van der Waals surface area contributed by atoms with E-state index in [1.807, 2.05) is 48.7 Å². The molecule has 9 heteroatoms. The summed E-state index contributed by atoms with van der Waals surface area (Å²) in [5.41, 5.74) is 7.10. The highest BCUT2D eigenvalue weighted by atomic mass is 16.5. The number of carbonyl (C=O) groups excluding carboxylic acids is 1. The van der Waals surface area contributed by atoms with Crippen molar-refractivity contribution in [2.24, 2.45) is 0 Å². The molecule has 1 aliphatic heterocycles. The Balaban J connectivity index is 1.13. The van der Waals surface area contributed by atoms with Crippen LogP contribution in [0.5, 0.6) is 0 Å². The van der Waals surface area contributed by atoms with Crippen LogP contribution in [0.15, 0.2) is 60.8 Å². The Labute approximate surface area is 245 Å². The number of hydrogen-bond acceptors (Lipinski definition) is 7. The molecule has 6 rings (SSSR count). The second kappa shape index (κ2) is 12.3. The number of nitrogens with one attached hydrogen (secondary N) is 3. The molecule has 0 aliphatic carbocycles. The minimum Gasteiger partial charge on any atom is -0.379 e. The first kappa shape index (κ1) is 27.8. The minimum atomic E-state index is -0.160. The predicted molar refractivity (Wildman–Crippen MR) is 168 cm³/mol. The monoisotopic (exact) mass is 563 g/mol. The van der Waals surface area contributed by atoms with E-state index in [0.29, 0.717) is 17.4 Å². The minimum absolute atomic E-state index is 0.160. The van der Waals surface area contributed by atoms with Gasteiger partial charge in [0.05, 0.1) is 29.8 Å². The summed E-state index contributed by atoms with van der Waals surface area (Å²) in [5.74, 6) is 1.72. The van der Waals surface area contributed by atoms with Crippen LogP contribution < -0.4 is 10.6 Å². The summed E-state index contributed by atoms with van der Waals surface area (Å²) in [7, 11) is 0. The van der Waals surface area contributed by atoms with E-state index < -0.39 is 0 Å². The van der Waals surface area contributed by atoms with Gasteiger partial charge in [-0.05, 0) is 79.0 Å². The van der Waals surface area contributed by atoms with Gasteiger partial charge in [0, 0.05) is 48.4 Å². The van der Waals surface area contributed by atoms with E-state index in [9.17, 15) is 4.79 Å². The van der Waals surface area contributed by atoms with Gasteiger partial charge in [-0.25, -0.2) is 15.0 Å². The fourth-order valence-corrected chi connectivity index (χ4v) is 5.27. The molecule has 3 heterocycles. The summed E-state index contributed by atoms with van der Waals surface area (Å²) >= 11 is 0. The summed E-state index contributed by atoms with van der Waals surface area (Å²) in [6, 6.07) is 17.7. The Morgan fingerprint density at radius 1 is 1.02 bits per heavy atom. The van der Waals surface area contributed by atoms with E-state index in [-0.39, 0.29) is 5.91 Å². The van der Waals surface area contributed by atoms with Crippen molar-refractivity contribution in [3.63, 3.8) is 0 Å². The zero-order valence-corrected chi connectivity index (χ0v) is 24.4. The Morgan fingerprint density at radius 2 is 1.86 bits per heavy atom. The second-order valence-electron chi connectivity index (χ2n) is 11.2. The first-order chi connectivity index (χ1) is 20.4. The van der Waals surface area contributed by atoms with Gasteiger partial charge in [-0.3, -0.25) is 9.69 Å². The van der Waals surface area contributed by atoms with E-state index >= 15 is 0 Å². The average molecular weight is 564 g/mol. The van der Waals surface area contributed by atoms with Crippen LogP contribution in [0.1, 0.15) is 47.9 Å². The van der Waals surface area contributed by atoms with E-state index in [1.54, 1.807) is 0 Å². The lowest BCUT2D eigenvalue weighted by molar-refractivity contribution is 0.0378. The van der Waals surface area contributed by atoms with Gasteiger partial charge in [0.1, 0.15) is 5.82 Å². The maximum absolute atomic E-state index is 13.2. The molecule has 0 unspecified atom stereocenters. The maximum atomic E-state index is 13.2. The molecule has 3 aromatic carbocycles. The van der Waals surface area contributed by atoms with Gasteiger partial charge in [0.15, 0.2) is 0 Å². The third kappa shape index (κ3) is 6.27. The number of fused-ring (bicyclic) bond motifs is 2. The second-order valence-corrected chi connectivity index (χ2v) is 11.2. The van der Waals surface area contributed by atoms with Crippen LogP contribution >= 0.6 is 0 Å². The number of H-pyrrole nitrogens is 1. The van der Waals surface area contributed by atoms with Gasteiger partial charge in [-0.1, -0.05) is 26.0 Å². The number of benzene rings is 3. The number of carbonyl (C=O) groups is 1. The highest BCUT2D eigenvalue weighted by Gasteiger charge is 2.13. The highest BCUT2D eigenvalue weighted by molar-refractivity contribution is 6.06. The van der Waals surface area contributed by atoms with Gasteiger partial charge < -0.3 is 20.4 Å². The molecule has 0 spiro atoms. The van der Waals surface area contributed by atoms with Crippen LogP contribution in [0.3, 0.4) is 0 Å². The summed E-state index contributed by atoms with van der Waals surface area (Å²) in [5, 5.41) is 7.35. The van der Waals surface area contributed by atoms with Gasteiger partial charge in [-0.2, -0.15) is 0 Å². The Bertz CT molecular complexity index is 1720. The number of anilines is 2. The normalized spacial score (nSPS) is 14.1. The molecule has 3 N–H and O–H groups in total. The molecule has 42 heavy (non-hydrogen) atoms. The number of nitrogens with zero attached hydrogens (tertiary/aromatic N) is 4. The molecular weight excluding hydrogens is 526 g/mol. The molecule has 1 saturated heterocycles. The number of amides is 1. The van der Waals surface area contributed by atoms with Gasteiger partial charge >= 0.3 is 0 Å². The largest absolute Gasteiger partial charge is 0.379 e. The summed E-state index contributed by atoms with van der Waals surface area (Å²) in [6.45, 7) is 11.8. The first-order valence-corrected chi connectivity index (χ1v) is 14.7. The summed E-state index contributed by atoms with van der Waals surface area (Å²) < 4.78 is 5.42. The topological polar surface area (TPSA) is 108 Å². The number of ether oxygens (including phenoxy) is 1. The van der Waals surface area contributed by atoms with E-state index in [4.69, 9.17) is 9.72 Å². The third-order valence-electron chi connectivity index (χ3n) is 7.73. The third-order valence-corrected chi connectivity index (χ3v) is 7.73. The van der Waals surface area contributed by atoms with Crippen molar-refractivity contribution in [3.05, 3.63) is 77.7 Å². The van der Waals surface area contributed by atoms with Crippen molar-refractivity contribution in [2.75, 3.05) is 50.0 Å². The molecule has 0 bridgehead atoms. The van der Waals surface area contributed by atoms with Gasteiger partial charge in [0.2, 0.25) is 5.95 Å². The number of aromatic nitrogens is 4.